The summed E-state index contributed by atoms with van der Waals surface area (Å²) >= 11 is 1.14. The Morgan fingerprint density at radius 1 is 1.23 bits per heavy atom. The molecule has 2 rings (SSSR count). The summed E-state index contributed by atoms with van der Waals surface area (Å²) in [6.45, 7) is 0. The minimum absolute atomic E-state index is 0.804. The van der Waals surface area contributed by atoms with E-state index in [4.69, 9.17) is 5.14 Å². The monoisotopic (exact) mass is 191 g/mol. The molecule has 1 heterocycles. The second kappa shape index (κ2) is 3.64. The molecule has 0 saturated carbocycles. The highest BCUT2D eigenvalue weighted by Gasteiger charge is 2.01. The number of rotatable bonds is 2. The van der Waals surface area contributed by atoms with Crippen LogP contribution in [0.3, 0.4) is 0 Å². The van der Waals surface area contributed by atoms with E-state index in [0.29, 0.717) is 0 Å². The van der Waals surface area contributed by atoms with E-state index in [1.54, 1.807) is 0 Å². The van der Waals surface area contributed by atoms with E-state index in [9.17, 15) is 0 Å². The quantitative estimate of drug-likeness (QED) is 0.714. The minimum atomic E-state index is 0.804. The summed E-state index contributed by atoms with van der Waals surface area (Å²) in [7, 11) is 0. The molecule has 0 saturated heterocycles. The van der Waals surface area contributed by atoms with Crippen molar-refractivity contribution in [2.45, 2.75) is 5.03 Å². The fraction of sp³-hybridized carbons (Fsp3) is 0. The van der Waals surface area contributed by atoms with Crippen LogP contribution in [-0.2, 0) is 0 Å². The van der Waals surface area contributed by atoms with Crippen LogP contribution in [0, 0.1) is 0 Å². The van der Waals surface area contributed by atoms with E-state index in [1.807, 2.05) is 36.4 Å². The van der Waals surface area contributed by atoms with Crippen molar-refractivity contribution in [3.8, 4) is 11.3 Å². The number of aromatic nitrogens is 2. The molecule has 0 aliphatic heterocycles. The number of benzene rings is 1. The van der Waals surface area contributed by atoms with Crippen LogP contribution in [0.25, 0.3) is 11.3 Å². The lowest BCUT2D eigenvalue weighted by molar-refractivity contribution is 1.01. The van der Waals surface area contributed by atoms with E-state index >= 15 is 0 Å². The number of H-pyrrole nitrogens is 1. The molecule has 0 amide bonds. The first kappa shape index (κ1) is 8.34. The van der Waals surface area contributed by atoms with Crippen LogP contribution in [0.5, 0.6) is 0 Å². The van der Waals surface area contributed by atoms with Crippen LogP contribution in [0.1, 0.15) is 0 Å². The van der Waals surface area contributed by atoms with Crippen molar-refractivity contribution in [3.63, 3.8) is 0 Å². The lowest BCUT2D eigenvalue weighted by Crippen LogP contribution is -1.77. The zero-order valence-corrected chi connectivity index (χ0v) is 7.71. The van der Waals surface area contributed by atoms with Gasteiger partial charge in [-0.15, -0.1) is 0 Å². The third-order valence-electron chi connectivity index (χ3n) is 1.76. The van der Waals surface area contributed by atoms with Crippen molar-refractivity contribution in [2.75, 3.05) is 0 Å². The fourth-order valence-electron chi connectivity index (χ4n) is 1.13. The van der Waals surface area contributed by atoms with Crippen LogP contribution in [0.2, 0.25) is 0 Å². The highest BCUT2D eigenvalue weighted by Crippen LogP contribution is 2.19. The maximum Gasteiger partial charge on any atom is 0.133 e. The lowest BCUT2D eigenvalue weighted by atomic mass is 10.2. The molecule has 0 radical (unpaired) electrons. The van der Waals surface area contributed by atoms with Crippen LogP contribution < -0.4 is 5.14 Å². The number of nitrogens with two attached hydrogens (primary N) is 1. The van der Waals surface area contributed by atoms with E-state index in [2.05, 4.69) is 10.2 Å². The summed E-state index contributed by atoms with van der Waals surface area (Å²) in [5, 5.41) is 13.1. The smallest absolute Gasteiger partial charge is 0.133 e. The van der Waals surface area contributed by atoms with Crippen molar-refractivity contribution in [1.29, 1.82) is 0 Å². The first-order valence-corrected chi connectivity index (χ1v) is 4.75. The molecule has 4 heteroatoms. The summed E-state index contributed by atoms with van der Waals surface area (Å²) in [5.74, 6) is 0. The van der Waals surface area contributed by atoms with E-state index in [1.165, 1.54) is 0 Å². The van der Waals surface area contributed by atoms with Gasteiger partial charge in [-0.1, -0.05) is 30.3 Å². The Morgan fingerprint density at radius 3 is 2.62 bits per heavy atom. The number of hydrogen-bond acceptors (Lipinski definition) is 3. The number of aromatic amines is 1. The Hall–Kier alpha value is -1.26. The minimum Gasteiger partial charge on any atom is -0.277 e. The molecule has 0 aliphatic carbocycles. The molecule has 13 heavy (non-hydrogen) atoms. The molecule has 0 spiro atoms. The van der Waals surface area contributed by atoms with Crippen molar-refractivity contribution >= 4 is 11.9 Å². The van der Waals surface area contributed by atoms with Crippen molar-refractivity contribution in [1.82, 2.24) is 10.2 Å². The Labute approximate surface area is 80.5 Å². The molecule has 0 atom stereocenters. The van der Waals surface area contributed by atoms with Crippen LogP contribution >= 0.6 is 11.9 Å². The molecule has 66 valence electrons. The van der Waals surface area contributed by atoms with Gasteiger partial charge < -0.3 is 0 Å². The molecule has 1 aromatic carbocycles. The van der Waals surface area contributed by atoms with Crippen molar-refractivity contribution < 1.29 is 0 Å². The van der Waals surface area contributed by atoms with Crippen LogP contribution in [-0.4, -0.2) is 10.2 Å². The van der Waals surface area contributed by atoms with Gasteiger partial charge in [-0.3, -0.25) is 10.2 Å². The van der Waals surface area contributed by atoms with E-state index < -0.39 is 0 Å². The van der Waals surface area contributed by atoms with Crippen molar-refractivity contribution in [2.24, 2.45) is 5.14 Å². The van der Waals surface area contributed by atoms with Gasteiger partial charge in [0.1, 0.15) is 5.03 Å². The lowest BCUT2D eigenvalue weighted by Gasteiger charge is -1.93. The Bertz CT molecular complexity index is 383. The van der Waals surface area contributed by atoms with Gasteiger partial charge in [0, 0.05) is 0 Å². The van der Waals surface area contributed by atoms with Gasteiger partial charge in [0.25, 0.3) is 0 Å². The average Bonchev–Trinajstić information content (AvgIpc) is 2.67. The average molecular weight is 191 g/mol. The fourth-order valence-corrected chi connectivity index (χ4v) is 1.41. The van der Waals surface area contributed by atoms with Gasteiger partial charge in [0.05, 0.1) is 5.69 Å². The summed E-state index contributed by atoms with van der Waals surface area (Å²) in [6, 6.07) is 12.0. The zero-order chi connectivity index (χ0) is 9.10. The van der Waals surface area contributed by atoms with Crippen molar-refractivity contribution in [3.05, 3.63) is 36.4 Å². The van der Waals surface area contributed by atoms with E-state index in [-0.39, 0.29) is 0 Å². The summed E-state index contributed by atoms with van der Waals surface area (Å²) in [6.07, 6.45) is 0. The first-order chi connectivity index (χ1) is 6.40. The predicted molar refractivity (Wildman–Crippen MR) is 54.1 cm³/mol. The molecule has 1 aromatic heterocycles. The van der Waals surface area contributed by atoms with E-state index in [0.717, 1.165) is 28.2 Å². The third kappa shape index (κ3) is 1.74. The molecular formula is C9H9N3S. The molecule has 0 fully saturated rings. The summed E-state index contributed by atoms with van der Waals surface area (Å²) in [4.78, 5) is 0. The van der Waals surface area contributed by atoms with Gasteiger partial charge in [-0.25, -0.2) is 0 Å². The SMILES string of the molecule is NSc1cc(-c2ccccc2)[nH]n1. The normalized spacial score (nSPS) is 10.2. The van der Waals surface area contributed by atoms with Crippen LogP contribution in [0.15, 0.2) is 41.4 Å². The zero-order valence-electron chi connectivity index (χ0n) is 6.90. The second-order valence-electron chi connectivity index (χ2n) is 2.60. The largest absolute Gasteiger partial charge is 0.277 e. The Kier molecular flexibility index (Phi) is 2.33. The number of nitrogens with one attached hydrogen (secondary N) is 1. The first-order valence-electron chi connectivity index (χ1n) is 3.88. The molecule has 3 nitrogen and oxygen atoms in total. The number of hydrogen-bond donors (Lipinski definition) is 2. The maximum absolute atomic E-state index is 5.38. The van der Waals surface area contributed by atoms with Gasteiger partial charge in [-0.2, -0.15) is 5.10 Å². The molecule has 3 N–H and O–H groups in total. The highest BCUT2D eigenvalue weighted by atomic mass is 32.2. The predicted octanol–water partition coefficient (Wildman–Crippen LogP) is 2.04. The Morgan fingerprint density at radius 2 is 2.00 bits per heavy atom. The maximum atomic E-state index is 5.38. The van der Waals surface area contributed by atoms with Gasteiger partial charge in [0.2, 0.25) is 0 Å². The topological polar surface area (TPSA) is 54.7 Å². The van der Waals surface area contributed by atoms with Crippen LogP contribution in [0.4, 0.5) is 0 Å². The standard InChI is InChI=1S/C9H9N3S/c10-13-9-6-8(11-12-9)7-4-2-1-3-5-7/h1-6H,10H2,(H,11,12). The van der Waals surface area contributed by atoms with Gasteiger partial charge in [0.15, 0.2) is 0 Å². The highest BCUT2D eigenvalue weighted by molar-refractivity contribution is 7.97. The molecule has 0 unspecified atom stereocenters. The molecule has 2 aromatic rings. The van der Waals surface area contributed by atoms with Gasteiger partial charge >= 0.3 is 0 Å². The molecular weight excluding hydrogens is 182 g/mol. The third-order valence-corrected chi connectivity index (χ3v) is 2.21. The molecule has 0 bridgehead atoms. The summed E-state index contributed by atoms with van der Waals surface area (Å²) < 4.78 is 0. The second-order valence-corrected chi connectivity index (χ2v) is 3.26. The van der Waals surface area contributed by atoms with Gasteiger partial charge in [-0.05, 0) is 23.6 Å². The Balaban J connectivity index is 2.36. The molecule has 0 aliphatic rings. The number of nitrogens with zero attached hydrogens (tertiary/aromatic N) is 1. The summed E-state index contributed by atoms with van der Waals surface area (Å²) in [5.41, 5.74) is 2.11.